The van der Waals surface area contributed by atoms with Crippen LogP contribution in [0.3, 0.4) is 0 Å². The molecule has 1 heterocycles. The minimum atomic E-state index is -0.155. The highest BCUT2D eigenvalue weighted by Gasteiger charge is 2.31. The van der Waals surface area contributed by atoms with E-state index in [9.17, 15) is 4.79 Å². The monoisotopic (exact) mass is 465 g/mol. The molecule has 1 amide bonds. The summed E-state index contributed by atoms with van der Waals surface area (Å²) < 4.78 is 11.8. The van der Waals surface area contributed by atoms with Crippen LogP contribution in [0, 0.1) is 0 Å². The minimum absolute atomic E-state index is 0.155. The molecule has 0 N–H and O–H groups in total. The fourth-order valence-corrected chi connectivity index (χ4v) is 4.31. The van der Waals surface area contributed by atoms with Crippen LogP contribution in [0.4, 0.5) is 0 Å². The predicted molar refractivity (Wildman–Crippen MR) is 124 cm³/mol. The number of nitrogens with zero attached hydrogens (tertiary/aromatic N) is 1. The Bertz CT molecular complexity index is 990. The number of amides is 1. The topological polar surface area (TPSA) is 38.8 Å². The molecule has 2 aromatic rings. The molecule has 0 radical (unpaired) electrons. The molecule has 1 saturated heterocycles. The van der Waals surface area contributed by atoms with Crippen LogP contribution < -0.4 is 9.47 Å². The van der Waals surface area contributed by atoms with Gasteiger partial charge in [0.05, 0.1) is 17.0 Å². The number of carbonyl (C=O) groups excluding carboxylic acids is 1. The van der Waals surface area contributed by atoms with Crippen LogP contribution in [0.2, 0.25) is 10.0 Å². The van der Waals surface area contributed by atoms with Gasteiger partial charge < -0.3 is 9.47 Å². The van der Waals surface area contributed by atoms with E-state index in [-0.39, 0.29) is 5.91 Å². The van der Waals surface area contributed by atoms with Gasteiger partial charge in [0.25, 0.3) is 5.91 Å². The lowest BCUT2D eigenvalue weighted by Gasteiger charge is -2.14. The molecule has 0 atom stereocenters. The SMILES string of the molecule is C=CCN1C(=O)/C(=C\c2cc(Cl)c(OCc3ccc(Cl)cc3)c(OC)c2)SC1=S. The van der Waals surface area contributed by atoms with E-state index in [2.05, 4.69) is 6.58 Å². The molecule has 0 saturated carbocycles. The van der Waals surface area contributed by atoms with Crippen molar-refractivity contribution in [2.24, 2.45) is 0 Å². The molecule has 0 aromatic heterocycles. The largest absolute Gasteiger partial charge is 0.493 e. The quantitative estimate of drug-likeness (QED) is 0.286. The standard InChI is InChI=1S/C21H17Cl2NO3S2/c1-3-8-24-20(25)18(29-21(24)28)11-14-9-16(23)19(17(10-14)26-2)27-12-13-4-6-15(22)7-5-13/h3-7,9-11H,1,8,12H2,2H3/b18-11+. The van der Waals surface area contributed by atoms with Gasteiger partial charge in [-0.15, -0.1) is 6.58 Å². The van der Waals surface area contributed by atoms with Crippen LogP contribution in [0.15, 0.2) is 54.0 Å². The van der Waals surface area contributed by atoms with Gasteiger partial charge in [0, 0.05) is 11.6 Å². The van der Waals surface area contributed by atoms with Crippen molar-refractivity contribution < 1.29 is 14.3 Å². The first kappa shape index (κ1) is 21.7. The summed E-state index contributed by atoms with van der Waals surface area (Å²) >= 11 is 18.8. The summed E-state index contributed by atoms with van der Waals surface area (Å²) in [6, 6.07) is 10.8. The van der Waals surface area contributed by atoms with Crippen LogP contribution in [-0.4, -0.2) is 28.8 Å². The van der Waals surface area contributed by atoms with E-state index in [4.69, 9.17) is 44.9 Å². The fraction of sp³-hybridized carbons (Fsp3) is 0.143. The molecule has 2 aromatic carbocycles. The summed E-state index contributed by atoms with van der Waals surface area (Å²) in [6.07, 6.45) is 3.38. The van der Waals surface area contributed by atoms with Gasteiger partial charge in [-0.3, -0.25) is 9.69 Å². The molecule has 0 unspecified atom stereocenters. The molecule has 29 heavy (non-hydrogen) atoms. The second-order valence-electron chi connectivity index (χ2n) is 6.03. The van der Waals surface area contributed by atoms with Crippen LogP contribution in [0.1, 0.15) is 11.1 Å². The van der Waals surface area contributed by atoms with Gasteiger partial charge in [-0.25, -0.2) is 0 Å². The lowest BCUT2D eigenvalue weighted by molar-refractivity contribution is -0.121. The lowest BCUT2D eigenvalue weighted by atomic mass is 10.1. The van der Waals surface area contributed by atoms with E-state index in [0.717, 1.165) is 5.56 Å². The Kier molecular flexibility index (Phi) is 7.24. The van der Waals surface area contributed by atoms with E-state index < -0.39 is 0 Å². The number of hydrogen-bond acceptors (Lipinski definition) is 5. The summed E-state index contributed by atoms with van der Waals surface area (Å²) in [7, 11) is 1.54. The Labute approximate surface area is 189 Å². The van der Waals surface area contributed by atoms with Gasteiger partial charge in [0.2, 0.25) is 0 Å². The van der Waals surface area contributed by atoms with Crippen LogP contribution in [0.25, 0.3) is 6.08 Å². The lowest BCUT2D eigenvalue weighted by Crippen LogP contribution is -2.27. The molecule has 0 bridgehead atoms. The normalized spacial score (nSPS) is 15.1. The van der Waals surface area contributed by atoms with E-state index in [1.54, 1.807) is 36.4 Å². The molecule has 0 aliphatic carbocycles. The van der Waals surface area contributed by atoms with Crippen molar-refractivity contribution in [3.05, 3.63) is 75.1 Å². The first-order valence-electron chi connectivity index (χ1n) is 8.54. The van der Waals surface area contributed by atoms with Gasteiger partial charge >= 0.3 is 0 Å². The maximum atomic E-state index is 12.5. The zero-order valence-corrected chi connectivity index (χ0v) is 18.6. The number of ether oxygens (including phenoxy) is 2. The number of carbonyl (C=O) groups is 1. The van der Waals surface area contributed by atoms with Crippen molar-refractivity contribution >= 4 is 63.5 Å². The number of hydrogen-bond donors (Lipinski definition) is 0. The number of benzene rings is 2. The highest BCUT2D eigenvalue weighted by Crippen LogP contribution is 2.39. The Morgan fingerprint density at radius 1 is 1.24 bits per heavy atom. The second kappa shape index (κ2) is 9.67. The molecule has 1 aliphatic rings. The van der Waals surface area contributed by atoms with Crippen molar-refractivity contribution in [3.8, 4) is 11.5 Å². The van der Waals surface area contributed by atoms with Gasteiger partial charge in [-0.05, 0) is 41.5 Å². The number of rotatable bonds is 7. The van der Waals surface area contributed by atoms with Crippen LogP contribution in [-0.2, 0) is 11.4 Å². The molecule has 4 nitrogen and oxygen atoms in total. The van der Waals surface area contributed by atoms with E-state index in [1.807, 2.05) is 12.1 Å². The summed E-state index contributed by atoms with van der Waals surface area (Å²) in [5.74, 6) is 0.748. The molecular weight excluding hydrogens is 449 g/mol. The molecule has 8 heteroatoms. The third-order valence-electron chi connectivity index (χ3n) is 4.03. The summed E-state index contributed by atoms with van der Waals surface area (Å²) in [5, 5.41) is 1.04. The third kappa shape index (κ3) is 5.14. The van der Waals surface area contributed by atoms with E-state index in [1.165, 1.54) is 23.8 Å². The van der Waals surface area contributed by atoms with Crippen LogP contribution >= 0.6 is 47.2 Å². The summed E-state index contributed by atoms with van der Waals surface area (Å²) in [5.41, 5.74) is 1.66. The van der Waals surface area contributed by atoms with Gasteiger partial charge in [-0.2, -0.15) is 0 Å². The maximum Gasteiger partial charge on any atom is 0.266 e. The molecule has 150 valence electrons. The van der Waals surface area contributed by atoms with Crippen LogP contribution in [0.5, 0.6) is 11.5 Å². The number of thiocarbonyl (C=S) groups is 1. The molecular formula is C21H17Cl2NO3S2. The van der Waals surface area contributed by atoms with Crippen molar-refractivity contribution in [1.29, 1.82) is 0 Å². The Hall–Kier alpha value is -1.99. The van der Waals surface area contributed by atoms with E-state index in [0.29, 0.717) is 49.5 Å². The Morgan fingerprint density at radius 3 is 2.62 bits per heavy atom. The molecule has 3 rings (SSSR count). The average Bonchev–Trinajstić information content (AvgIpc) is 2.96. The molecule has 1 fully saturated rings. The fourth-order valence-electron chi connectivity index (χ4n) is 2.64. The molecule has 0 spiro atoms. The number of methoxy groups -OCH3 is 1. The van der Waals surface area contributed by atoms with Gasteiger partial charge in [-0.1, -0.05) is 65.4 Å². The van der Waals surface area contributed by atoms with Crippen molar-refractivity contribution in [3.63, 3.8) is 0 Å². The van der Waals surface area contributed by atoms with Crippen molar-refractivity contribution in [2.45, 2.75) is 6.61 Å². The van der Waals surface area contributed by atoms with Crippen molar-refractivity contribution in [2.75, 3.05) is 13.7 Å². The number of thioether (sulfide) groups is 1. The zero-order valence-electron chi connectivity index (χ0n) is 15.5. The highest BCUT2D eigenvalue weighted by molar-refractivity contribution is 8.26. The zero-order chi connectivity index (χ0) is 21.0. The summed E-state index contributed by atoms with van der Waals surface area (Å²) in [4.78, 5) is 14.5. The number of halogens is 2. The Balaban J connectivity index is 1.83. The smallest absolute Gasteiger partial charge is 0.266 e. The van der Waals surface area contributed by atoms with Gasteiger partial charge in [0.15, 0.2) is 11.5 Å². The van der Waals surface area contributed by atoms with E-state index >= 15 is 0 Å². The summed E-state index contributed by atoms with van der Waals surface area (Å²) in [6.45, 7) is 4.34. The predicted octanol–water partition coefficient (Wildman–Crippen LogP) is 5.97. The average molecular weight is 466 g/mol. The first-order valence-corrected chi connectivity index (χ1v) is 10.5. The third-order valence-corrected chi connectivity index (χ3v) is 5.94. The van der Waals surface area contributed by atoms with Crippen molar-refractivity contribution in [1.82, 2.24) is 4.90 Å². The first-order chi connectivity index (χ1) is 13.9. The maximum absolute atomic E-state index is 12.5. The minimum Gasteiger partial charge on any atom is -0.493 e. The van der Waals surface area contributed by atoms with Gasteiger partial charge in [0.1, 0.15) is 10.9 Å². The highest BCUT2D eigenvalue weighted by atomic mass is 35.5. The second-order valence-corrected chi connectivity index (χ2v) is 8.55. The molecule has 1 aliphatic heterocycles. The Morgan fingerprint density at radius 2 is 1.97 bits per heavy atom.